The van der Waals surface area contributed by atoms with Gasteiger partial charge in [-0.3, -0.25) is 4.79 Å². The lowest BCUT2D eigenvalue weighted by atomic mass is 10.2. The fourth-order valence-corrected chi connectivity index (χ4v) is 4.87. The van der Waals surface area contributed by atoms with Gasteiger partial charge in [0.25, 0.3) is 0 Å². The molecule has 140 valence electrons. The molecule has 2 aromatic rings. The molecule has 0 aliphatic carbocycles. The van der Waals surface area contributed by atoms with Crippen LogP contribution < -0.4 is 5.32 Å². The molecule has 9 nitrogen and oxygen atoms in total. The quantitative estimate of drug-likeness (QED) is 0.806. The summed E-state index contributed by atoms with van der Waals surface area (Å²) in [7, 11) is -3.40. The van der Waals surface area contributed by atoms with Gasteiger partial charge in [-0.15, -0.1) is 5.10 Å². The first-order valence-corrected chi connectivity index (χ1v) is 10.2. The molecule has 1 atom stereocenters. The second-order valence-corrected chi connectivity index (χ2v) is 8.30. The first-order valence-electron chi connectivity index (χ1n) is 8.58. The number of carbonyl (C=O) groups is 1. The predicted octanol–water partition coefficient (Wildman–Crippen LogP) is 1.11. The third-order valence-electron chi connectivity index (χ3n) is 4.31. The largest absolute Gasteiger partial charge is 0.325 e. The van der Waals surface area contributed by atoms with Crippen LogP contribution in [0.5, 0.6) is 0 Å². The highest BCUT2D eigenvalue weighted by Crippen LogP contribution is 2.24. The summed E-state index contributed by atoms with van der Waals surface area (Å²) in [5, 5.41) is 14.2. The number of hydrogen-bond acceptors (Lipinski definition) is 6. The maximum Gasteiger partial charge on any atom is 0.242 e. The van der Waals surface area contributed by atoms with Crippen LogP contribution in [0.1, 0.15) is 32.0 Å². The summed E-state index contributed by atoms with van der Waals surface area (Å²) in [5.41, 5.74) is 1.29. The molecule has 3 rings (SSSR count). The molecule has 1 aliphatic rings. The molecular weight excluding hydrogens is 356 g/mol. The van der Waals surface area contributed by atoms with E-state index in [9.17, 15) is 13.2 Å². The van der Waals surface area contributed by atoms with Crippen LogP contribution in [0.25, 0.3) is 5.69 Å². The Morgan fingerprint density at radius 2 is 2.19 bits per heavy atom. The number of nitrogens with zero attached hydrogens (tertiary/aromatic N) is 5. The summed E-state index contributed by atoms with van der Waals surface area (Å²) in [6.45, 7) is 3.99. The third-order valence-corrected chi connectivity index (χ3v) is 6.39. The van der Waals surface area contributed by atoms with Crippen LogP contribution in [0.4, 0.5) is 5.69 Å². The van der Waals surface area contributed by atoms with Crippen molar-refractivity contribution in [3.05, 3.63) is 30.1 Å². The van der Waals surface area contributed by atoms with Crippen molar-refractivity contribution in [2.24, 2.45) is 0 Å². The van der Waals surface area contributed by atoms with Crippen LogP contribution in [0.3, 0.4) is 0 Å². The van der Waals surface area contributed by atoms with Gasteiger partial charge in [0.15, 0.2) is 5.82 Å². The van der Waals surface area contributed by atoms with Crippen LogP contribution in [0.15, 0.2) is 24.3 Å². The zero-order valence-electron chi connectivity index (χ0n) is 14.8. The lowest BCUT2D eigenvalue weighted by Crippen LogP contribution is -2.44. The Kier molecular flexibility index (Phi) is 5.33. The molecule has 0 bridgehead atoms. The Hall–Kier alpha value is -2.33. The van der Waals surface area contributed by atoms with Crippen molar-refractivity contribution in [1.29, 1.82) is 0 Å². The van der Waals surface area contributed by atoms with Gasteiger partial charge in [-0.1, -0.05) is 13.0 Å². The number of hydrogen-bond donors (Lipinski definition) is 1. The van der Waals surface area contributed by atoms with Crippen molar-refractivity contribution in [2.75, 3.05) is 17.6 Å². The van der Waals surface area contributed by atoms with Crippen molar-refractivity contribution in [2.45, 2.75) is 39.2 Å². The first kappa shape index (κ1) is 18.5. The number of aromatic nitrogens is 4. The van der Waals surface area contributed by atoms with E-state index in [4.69, 9.17) is 0 Å². The van der Waals surface area contributed by atoms with E-state index in [2.05, 4.69) is 20.8 Å². The molecule has 1 aliphatic heterocycles. The Labute approximate surface area is 152 Å². The van der Waals surface area contributed by atoms with E-state index in [0.717, 1.165) is 0 Å². The van der Waals surface area contributed by atoms with Crippen molar-refractivity contribution in [1.82, 2.24) is 24.5 Å². The molecule has 1 aromatic heterocycles. The van der Waals surface area contributed by atoms with E-state index in [1.54, 1.807) is 29.8 Å². The fourth-order valence-electron chi connectivity index (χ4n) is 3.12. The summed E-state index contributed by atoms with van der Waals surface area (Å²) in [6.07, 6.45) is 1.74. The Morgan fingerprint density at radius 3 is 2.88 bits per heavy atom. The monoisotopic (exact) mass is 378 g/mol. The van der Waals surface area contributed by atoms with Gasteiger partial charge in [0.05, 0.1) is 11.4 Å². The molecule has 1 amide bonds. The van der Waals surface area contributed by atoms with Gasteiger partial charge < -0.3 is 5.32 Å². The molecule has 1 unspecified atom stereocenters. The summed E-state index contributed by atoms with van der Waals surface area (Å²) in [5.74, 6) is 0.374. The maximum absolute atomic E-state index is 12.7. The zero-order chi connectivity index (χ0) is 18.7. The van der Waals surface area contributed by atoms with Gasteiger partial charge in [-0.05, 0) is 54.8 Å². The standard InChI is InChI=1S/C16H22N6O3S/c1-3-10-26(24,25)21-9-5-8-15(21)16(23)17-13-6-4-7-14(11-13)22-12(2)18-19-20-22/h4,6-7,11,15H,3,5,8-10H2,1-2H3,(H,17,23). The lowest BCUT2D eigenvalue weighted by Gasteiger charge is -2.23. The second kappa shape index (κ2) is 7.50. The number of carbonyl (C=O) groups excluding carboxylic acids is 1. The highest BCUT2D eigenvalue weighted by molar-refractivity contribution is 7.89. The van der Waals surface area contributed by atoms with E-state index < -0.39 is 16.1 Å². The highest BCUT2D eigenvalue weighted by atomic mass is 32.2. The number of benzene rings is 1. The molecule has 0 spiro atoms. The summed E-state index contributed by atoms with van der Waals surface area (Å²) in [4.78, 5) is 12.7. The Morgan fingerprint density at radius 1 is 1.38 bits per heavy atom. The molecule has 2 heterocycles. The van der Waals surface area contributed by atoms with Gasteiger partial charge >= 0.3 is 0 Å². The molecule has 10 heteroatoms. The third kappa shape index (κ3) is 3.75. The zero-order valence-corrected chi connectivity index (χ0v) is 15.6. The van der Waals surface area contributed by atoms with Crippen LogP contribution in [-0.2, 0) is 14.8 Å². The Balaban J connectivity index is 1.77. The normalized spacial score (nSPS) is 18.2. The van der Waals surface area contributed by atoms with Crippen molar-refractivity contribution in [3.63, 3.8) is 0 Å². The van der Waals surface area contributed by atoms with Crippen LogP contribution >= 0.6 is 0 Å². The number of rotatable bonds is 6. The number of nitrogens with one attached hydrogen (secondary N) is 1. The molecule has 1 saturated heterocycles. The first-order chi connectivity index (χ1) is 12.4. The van der Waals surface area contributed by atoms with Gasteiger partial charge in [0.2, 0.25) is 15.9 Å². The van der Waals surface area contributed by atoms with Crippen molar-refractivity contribution in [3.8, 4) is 5.69 Å². The second-order valence-electron chi connectivity index (χ2n) is 6.26. The molecule has 1 N–H and O–H groups in total. The predicted molar refractivity (Wildman–Crippen MR) is 96.3 cm³/mol. The number of anilines is 1. The summed E-state index contributed by atoms with van der Waals surface area (Å²) < 4.78 is 27.6. The molecule has 0 saturated carbocycles. The van der Waals surface area contributed by atoms with Crippen LogP contribution in [0, 0.1) is 6.92 Å². The average molecular weight is 378 g/mol. The minimum Gasteiger partial charge on any atom is -0.325 e. The minimum absolute atomic E-state index is 0.0604. The van der Waals surface area contributed by atoms with E-state index >= 15 is 0 Å². The topological polar surface area (TPSA) is 110 Å². The van der Waals surface area contributed by atoms with Gasteiger partial charge in [-0.2, -0.15) is 8.99 Å². The SMILES string of the molecule is CCCS(=O)(=O)N1CCCC1C(=O)Nc1cccc(-n2nnnc2C)c1. The Bertz CT molecular complexity index is 895. The van der Waals surface area contributed by atoms with Crippen molar-refractivity contribution < 1.29 is 13.2 Å². The molecule has 1 aromatic carbocycles. The summed E-state index contributed by atoms with van der Waals surface area (Å²) in [6, 6.07) is 6.45. The highest BCUT2D eigenvalue weighted by Gasteiger charge is 2.38. The minimum atomic E-state index is -3.40. The van der Waals surface area contributed by atoms with Crippen LogP contribution in [-0.4, -0.2) is 57.2 Å². The smallest absolute Gasteiger partial charge is 0.242 e. The van der Waals surface area contributed by atoms with E-state index in [1.807, 2.05) is 13.0 Å². The van der Waals surface area contributed by atoms with E-state index in [-0.39, 0.29) is 11.7 Å². The number of amides is 1. The average Bonchev–Trinajstić information content (AvgIpc) is 3.24. The van der Waals surface area contributed by atoms with Crippen molar-refractivity contribution >= 4 is 21.6 Å². The molecular formula is C16H22N6O3S. The number of sulfonamides is 1. The van der Waals surface area contributed by atoms with Gasteiger partial charge in [0, 0.05) is 12.2 Å². The lowest BCUT2D eigenvalue weighted by molar-refractivity contribution is -0.119. The summed E-state index contributed by atoms with van der Waals surface area (Å²) >= 11 is 0. The number of tetrazole rings is 1. The van der Waals surface area contributed by atoms with Gasteiger partial charge in [0.1, 0.15) is 6.04 Å². The molecule has 1 fully saturated rings. The van der Waals surface area contributed by atoms with E-state index in [1.165, 1.54) is 4.31 Å². The van der Waals surface area contributed by atoms with E-state index in [0.29, 0.717) is 43.0 Å². The fraction of sp³-hybridized carbons (Fsp3) is 0.500. The molecule has 26 heavy (non-hydrogen) atoms. The van der Waals surface area contributed by atoms with Crippen LogP contribution in [0.2, 0.25) is 0 Å². The maximum atomic E-state index is 12.7. The van der Waals surface area contributed by atoms with Gasteiger partial charge in [-0.25, -0.2) is 8.42 Å². The number of aryl methyl sites for hydroxylation is 1. The molecule has 0 radical (unpaired) electrons.